The van der Waals surface area contributed by atoms with Crippen LogP contribution < -0.4 is 0 Å². The maximum Gasteiger partial charge on any atom is 0.337 e. The average Bonchev–Trinajstić information content (AvgIpc) is 2.60. The van der Waals surface area contributed by atoms with Gasteiger partial charge in [-0.15, -0.1) is 0 Å². The number of fused-ring (bicyclic) bond motifs is 1. The van der Waals surface area contributed by atoms with Gasteiger partial charge in [-0.05, 0) is 19.1 Å². The topological polar surface area (TPSA) is 97.8 Å². The van der Waals surface area contributed by atoms with E-state index in [-0.39, 0.29) is 14.8 Å². The number of hydrogen-bond donors (Lipinski definition) is 0. The van der Waals surface area contributed by atoms with Crippen molar-refractivity contribution in [3.8, 4) is 0 Å². The number of esters is 1. The van der Waals surface area contributed by atoms with Gasteiger partial charge in [-0.2, -0.15) is 0 Å². The lowest BCUT2D eigenvalue weighted by molar-refractivity contribution is -0.147. The molecule has 0 radical (unpaired) electrons. The molecule has 0 aromatic heterocycles. The summed E-state index contributed by atoms with van der Waals surface area (Å²) in [6, 6.07) is 3.72. The van der Waals surface area contributed by atoms with E-state index in [2.05, 4.69) is 4.74 Å². The number of ketones is 1. The first-order valence-electron chi connectivity index (χ1n) is 5.58. The molecular weight excluding hydrogens is 286 g/mol. The van der Waals surface area contributed by atoms with Crippen molar-refractivity contribution >= 4 is 27.7 Å². The normalized spacial score (nSPS) is 17.5. The molecule has 1 amide bonds. The molecule has 1 atom stereocenters. The molecule has 1 aromatic carbocycles. The monoisotopic (exact) mass is 297 g/mol. The van der Waals surface area contributed by atoms with E-state index in [1.807, 2.05) is 0 Å². The Labute approximate surface area is 115 Å². The Kier molecular flexibility index (Phi) is 3.34. The zero-order valence-electron chi connectivity index (χ0n) is 10.7. The van der Waals surface area contributed by atoms with E-state index in [0.717, 1.165) is 14.0 Å². The standard InChI is InChI=1S/C12H11NO6S/c1-7(14)10(12(16)19-2)13-11(15)8-5-3-4-6-9(8)20(13,17)18/h3-6,10H,1-2H3/t10-/m1/s1. The summed E-state index contributed by atoms with van der Waals surface area (Å²) >= 11 is 0. The van der Waals surface area contributed by atoms with E-state index in [1.54, 1.807) is 0 Å². The molecule has 0 saturated heterocycles. The van der Waals surface area contributed by atoms with Crippen LogP contribution in [0.15, 0.2) is 29.2 Å². The predicted octanol–water partition coefficient (Wildman–Crippen LogP) is -0.0383. The summed E-state index contributed by atoms with van der Waals surface area (Å²) in [4.78, 5) is 35.1. The highest BCUT2D eigenvalue weighted by molar-refractivity contribution is 7.90. The molecule has 0 aliphatic carbocycles. The van der Waals surface area contributed by atoms with Crippen LogP contribution in [0.5, 0.6) is 0 Å². The Morgan fingerprint density at radius 2 is 1.85 bits per heavy atom. The van der Waals surface area contributed by atoms with Crippen LogP contribution in [-0.2, 0) is 24.3 Å². The van der Waals surface area contributed by atoms with E-state index >= 15 is 0 Å². The van der Waals surface area contributed by atoms with E-state index in [9.17, 15) is 22.8 Å². The molecule has 1 aliphatic heterocycles. The van der Waals surface area contributed by atoms with Gasteiger partial charge in [0.25, 0.3) is 15.9 Å². The van der Waals surface area contributed by atoms with Crippen LogP contribution in [0.1, 0.15) is 17.3 Å². The lowest BCUT2D eigenvalue weighted by atomic mass is 10.1. The number of benzene rings is 1. The van der Waals surface area contributed by atoms with Crippen molar-refractivity contribution in [2.75, 3.05) is 7.11 Å². The second-order valence-corrected chi connectivity index (χ2v) is 5.92. The summed E-state index contributed by atoms with van der Waals surface area (Å²) < 4.78 is 29.3. The number of methoxy groups -OCH3 is 1. The lowest BCUT2D eigenvalue weighted by Gasteiger charge is -2.21. The molecule has 0 spiro atoms. The zero-order chi connectivity index (χ0) is 15.1. The third kappa shape index (κ3) is 1.88. The van der Waals surface area contributed by atoms with Gasteiger partial charge in [0.15, 0.2) is 5.78 Å². The fourth-order valence-electron chi connectivity index (χ4n) is 2.00. The van der Waals surface area contributed by atoms with E-state index in [4.69, 9.17) is 0 Å². The van der Waals surface area contributed by atoms with E-state index in [1.165, 1.54) is 24.3 Å². The predicted molar refractivity (Wildman–Crippen MR) is 66.3 cm³/mol. The molecule has 1 heterocycles. The number of nitrogens with zero attached hydrogens (tertiary/aromatic N) is 1. The van der Waals surface area contributed by atoms with Crippen LogP contribution in [0.4, 0.5) is 0 Å². The minimum absolute atomic E-state index is 0.0670. The van der Waals surface area contributed by atoms with Crippen molar-refractivity contribution in [2.24, 2.45) is 0 Å². The van der Waals surface area contributed by atoms with Crippen molar-refractivity contribution in [1.82, 2.24) is 4.31 Å². The highest BCUT2D eigenvalue weighted by Gasteiger charge is 2.49. The van der Waals surface area contributed by atoms with Gasteiger partial charge >= 0.3 is 5.97 Å². The van der Waals surface area contributed by atoms with E-state index < -0.39 is 33.7 Å². The molecule has 106 valence electrons. The number of rotatable bonds is 3. The summed E-state index contributed by atoms with van der Waals surface area (Å²) in [5.74, 6) is -2.80. The van der Waals surface area contributed by atoms with Crippen molar-refractivity contribution in [3.05, 3.63) is 29.8 Å². The van der Waals surface area contributed by atoms with Gasteiger partial charge in [-0.25, -0.2) is 17.5 Å². The third-order valence-corrected chi connectivity index (χ3v) is 4.70. The van der Waals surface area contributed by atoms with Crippen LogP contribution >= 0.6 is 0 Å². The largest absolute Gasteiger partial charge is 0.467 e. The number of hydrogen-bond acceptors (Lipinski definition) is 6. The second kappa shape index (κ2) is 4.71. The molecule has 1 aliphatic rings. The Hall–Kier alpha value is -2.22. The maximum atomic E-state index is 12.3. The number of carbonyl (C=O) groups is 3. The van der Waals surface area contributed by atoms with Gasteiger partial charge < -0.3 is 4.74 Å². The quantitative estimate of drug-likeness (QED) is 0.573. The zero-order valence-corrected chi connectivity index (χ0v) is 11.5. The molecule has 7 nitrogen and oxygen atoms in total. The fourth-order valence-corrected chi connectivity index (χ4v) is 3.72. The Balaban J connectivity index is 2.63. The first-order valence-corrected chi connectivity index (χ1v) is 7.02. The molecule has 8 heteroatoms. The smallest absolute Gasteiger partial charge is 0.337 e. The number of amides is 1. The minimum Gasteiger partial charge on any atom is -0.467 e. The SMILES string of the molecule is COC(=O)[C@@H](C(C)=O)N1C(=O)c2ccccc2S1(=O)=O. The molecule has 0 bridgehead atoms. The number of Topliss-reactive ketones (excluding diaryl/α,β-unsaturated/α-hetero) is 1. The van der Waals surface area contributed by atoms with Gasteiger partial charge in [0.05, 0.1) is 12.7 Å². The maximum absolute atomic E-state index is 12.3. The molecule has 0 unspecified atom stereocenters. The van der Waals surface area contributed by atoms with Crippen LogP contribution in [0, 0.1) is 0 Å². The van der Waals surface area contributed by atoms with Gasteiger partial charge in [0, 0.05) is 0 Å². The summed E-state index contributed by atoms with van der Waals surface area (Å²) in [7, 11) is -3.22. The molecule has 20 heavy (non-hydrogen) atoms. The van der Waals surface area contributed by atoms with Crippen LogP contribution in [0.3, 0.4) is 0 Å². The van der Waals surface area contributed by atoms with Crippen molar-refractivity contribution in [2.45, 2.75) is 17.9 Å². The summed E-state index contributed by atoms with van der Waals surface area (Å²) in [6.07, 6.45) is 0. The fraction of sp³-hybridized carbons (Fsp3) is 0.250. The van der Waals surface area contributed by atoms with Crippen LogP contribution in [-0.4, -0.2) is 43.5 Å². The van der Waals surface area contributed by atoms with E-state index in [0.29, 0.717) is 0 Å². The molecule has 2 rings (SSSR count). The van der Waals surface area contributed by atoms with Crippen molar-refractivity contribution < 1.29 is 27.5 Å². The third-order valence-electron chi connectivity index (χ3n) is 2.90. The Bertz CT molecular complexity index is 708. The molecule has 0 saturated carbocycles. The number of carbonyl (C=O) groups excluding carboxylic acids is 3. The second-order valence-electron chi connectivity index (χ2n) is 4.14. The minimum atomic E-state index is -4.23. The Morgan fingerprint density at radius 1 is 1.25 bits per heavy atom. The first-order chi connectivity index (χ1) is 9.32. The Morgan fingerprint density at radius 3 is 2.35 bits per heavy atom. The van der Waals surface area contributed by atoms with Crippen molar-refractivity contribution in [3.63, 3.8) is 0 Å². The molecular formula is C12H11NO6S. The summed E-state index contributed by atoms with van der Waals surface area (Å²) in [6.45, 7) is 1.02. The lowest BCUT2D eigenvalue weighted by Crippen LogP contribution is -2.49. The van der Waals surface area contributed by atoms with Gasteiger partial charge in [-0.1, -0.05) is 12.1 Å². The van der Waals surface area contributed by atoms with Crippen LogP contribution in [0.25, 0.3) is 0 Å². The van der Waals surface area contributed by atoms with Crippen LogP contribution in [0.2, 0.25) is 0 Å². The van der Waals surface area contributed by atoms with Crippen molar-refractivity contribution in [1.29, 1.82) is 0 Å². The van der Waals surface area contributed by atoms with Gasteiger partial charge in [0.2, 0.25) is 6.04 Å². The highest BCUT2D eigenvalue weighted by atomic mass is 32.2. The molecule has 1 aromatic rings. The average molecular weight is 297 g/mol. The first kappa shape index (κ1) is 14.2. The molecule has 0 N–H and O–H groups in total. The highest BCUT2D eigenvalue weighted by Crippen LogP contribution is 2.32. The summed E-state index contributed by atoms with van der Waals surface area (Å²) in [5, 5.41) is 0. The van der Waals surface area contributed by atoms with Gasteiger partial charge in [-0.3, -0.25) is 9.59 Å². The van der Waals surface area contributed by atoms with Gasteiger partial charge in [0.1, 0.15) is 4.90 Å². The number of sulfonamides is 1. The summed E-state index contributed by atoms with van der Waals surface area (Å²) in [5.41, 5.74) is -0.0670. The molecule has 0 fully saturated rings. The number of ether oxygens (including phenoxy) is 1.